The number of halogens is 3. The molecule has 0 unspecified atom stereocenters. The molecule has 8 heteroatoms. The number of aryl methyl sites for hydroxylation is 1. The van der Waals surface area contributed by atoms with Gasteiger partial charge in [0, 0.05) is 22.8 Å². The molecule has 0 saturated heterocycles. The first kappa shape index (κ1) is 23.2. The fourth-order valence-corrected chi connectivity index (χ4v) is 4.25. The van der Waals surface area contributed by atoms with E-state index in [0.29, 0.717) is 38.7 Å². The maximum Gasteiger partial charge on any atom is 0.256 e. The molecule has 0 bridgehead atoms. The average Bonchev–Trinajstić information content (AvgIpc) is 3.19. The molecule has 33 heavy (non-hydrogen) atoms. The Morgan fingerprint density at radius 2 is 1.70 bits per heavy atom. The van der Waals surface area contributed by atoms with Crippen LogP contribution in [0, 0.1) is 6.92 Å². The normalized spacial score (nSPS) is 10.8. The lowest BCUT2D eigenvalue weighted by molar-refractivity contribution is 0.102. The van der Waals surface area contributed by atoms with Crippen molar-refractivity contribution in [2.24, 2.45) is 0 Å². The zero-order valence-electron chi connectivity index (χ0n) is 17.7. The Morgan fingerprint density at radius 3 is 2.45 bits per heavy atom. The van der Waals surface area contributed by atoms with Crippen molar-refractivity contribution in [2.75, 3.05) is 5.32 Å². The van der Waals surface area contributed by atoms with Gasteiger partial charge in [0.25, 0.3) is 5.91 Å². The Morgan fingerprint density at radius 1 is 0.970 bits per heavy atom. The zero-order valence-corrected chi connectivity index (χ0v) is 20.0. The molecule has 0 atom stereocenters. The third-order valence-electron chi connectivity index (χ3n) is 4.84. The van der Waals surface area contributed by atoms with Crippen LogP contribution in [0.2, 0.25) is 15.1 Å². The number of amides is 1. The van der Waals surface area contributed by atoms with Gasteiger partial charge in [0.2, 0.25) is 0 Å². The molecule has 1 N–H and O–H groups in total. The lowest BCUT2D eigenvalue weighted by atomic mass is 10.1. The maximum atomic E-state index is 12.7. The SMILES string of the molecule is Cc1cccc(Cn2ccc(NC(=O)c3cccc(COc4c(Cl)cc(Cl)cc4Cl)c3)n2)c1. The van der Waals surface area contributed by atoms with E-state index in [1.54, 1.807) is 41.1 Å². The van der Waals surface area contributed by atoms with Crippen LogP contribution in [0.25, 0.3) is 0 Å². The second-order valence-electron chi connectivity index (χ2n) is 7.53. The monoisotopic (exact) mass is 499 g/mol. The Balaban J connectivity index is 1.39. The smallest absolute Gasteiger partial charge is 0.256 e. The number of anilines is 1. The molecule has 0 aliphatic carbocycles. The topological polar surface area (TPSA) is 56.2 Å². The van der Waals surface area contributed by atoms with E-state index >= 15 is 0 Å². The molecule has 5 nitrogen and oxygen atoms in total. The van der Waals surface area contributed by atoms with E-state index in [4.69, 9.17) is 39.5 Å². The van der Waals surface area contributed by atoms with Gasteiger partial charge in [0.05, 0.1) is 16.6 Å². The molecule has 1 amide bonds. The van der Waals surface area contributed by atoms with Crippen LogP contribution in [0.1, 0.15) is 27.0 Å². The number of aromatic nitrogens is 2. The Bertz CT molecular complexity index is 1280. The molecule has 4 aromatic rings. The third-order valence-corrected chi connectivity index (χ3v) is 5.62. The number of benzene rings is 3. The molecule has 0 aliphatic heterocycles. The summed E-state index contributed by atoms with van der Waals surface area (Å²) in [7, 11) is 0. The number of rotatable bonds is 7. The molecule has 0 saturated carbocycles. The molecule has 3 aromatic carbocycles. The Hall–Kier alpha value is -2.99. The summed E-state index contributed by atoms with van der Waals surface area (Å²) in [6.07, 6.45) is 1.84. The van der Waals surface area contributed by atoms with Crippen molar-refractivity contribution in [3.63, 3.8) is 0 Å². The molecule has 0 spiro atoms. The molecular formula is C25H20Cl3N3O2. The number of nitrogens with zero attached hydrogens (tertiary/aromatic N) is 2. The highest BCUT2D eigenvalue weighted by Crippen LogP contribution is 2.36. The summed E-state index contributed by atoms with van der Waals surface area (Å²) < 4.78 is 7.55. The first-order chi connectivity index (χ1) is 15.9. The minimum absolute atomic E-state index is 0.188. The van der Waals surface area contributed by atoms with Crippen LogP contribution in [0.5, 0.6) is 5.75 Å². The summed E-state index contributed by atoms with van der Waals surface area (Å²) in [5, 5.41) is 8.35. The highest BCUT2D eigenvalue weighted by molar-refractivity contribution is 6.40. The standard InChI is InChI=1S/C25H20Cl3N3O2/c1-16-4-2-5-17(10-16)14-31-9-8-23(30-31)29-25(32)19-7-3-6-18(11-19)15-33-24-21(27)12-20(26)13-22(24)28/h2-13H,14-15H2,1H3,(H,29,30,32). The van der Waals surface area contributed by atoms with Gasteiger partial charge in [-0.1, -0.05) is 76.8 Å². The molecule has 168 valence electrons. The fourth-order valence-electron chi connectivity index (χ4n) is 3.33. The first-order valence-electron chi connectivity index (χ1n) is 10.1. The molecular weight excluding hydrogens is 481 g/mol. The van der Waals surface area contributed by atoms with Gasteiger partial charge in [0.1, 0.15) is 6.61 Å². The predicted molar refractivity (Wildman–Crippen MR) is 133 cm³/mol. The lowest BCUT2D eigenvalue weighted by Crippen LogP contribution is -2.13. The van der Waals surface area contributed by atoms with E-state index in [2.05, 4.69) is 29.5 Å². The van der Waals surface area contributed by atoms with Gasteiger partial charge in [-0.15, -0.1) is 0 Å². The second kappa shape index (κ2) is 10.3. The van der Waals surface area contributed by atoms with Crippen LogP contribution in [0.15, 0.2) is 72.9 Å². The number of nitrogens with one attached hydrogen (secondary N) is 1. The van der Waals surface area contributed by atoms with Crippen molar-refractivity contribution in [3.05, 3.63) is 110 Å². The van der Waals surface area contributed by atoms with Gasteiger partial charge in [-0.25, -0.2) is 0 Å². The van der Waals surface area contributed by atoms with Gasteiger partial charge in [-0.05, 0) is 42.3 Å². The van der Waals surface area contributed by atoms with Crippen LogP contribution in [0.4, 0.5) is 5.82 Å². The summed E-state index contributed by atoms with van der Waals surface area (Å²) in [6, 6.07) is 20.2. The lowest BCUT2D eigenvalue weighted by Gasteiger charge is -2.11. The van der Waals surface area contributed by atoms with Gasteiger partial charge in [-0.2, -0.15) is 5.10 Å². The third kappa shape index (κ3) is 6.08. The van der Waals surface area contributed by atoms with Crippen LogP contribution >= 0.6 is 34.8 Å². The molecule has 1 aromatic heterocycles. The summed E-state index contributed by atoms with van der Waals surface area (Å²) >= 11 is 18.3. The largest absolute Gasteiger partial charge is 0.486 e. The van der Waals surface area contributed by atoms with E-state index in [1.165, 1.54) is 5.56 Å². The van der Waals surface area contributed by atoms with Crippen molar-refractivity contribution < 1.29 is 9.53 Å². The minimum Gasteiger partial charge on any atom is -0.486 e. The highest BCUT2D eigenvalue weighted by Gasteiger charge is 2.12. The maximum absolute atomic E-state index is 12.7. The fraction of sp³-hybridized carbons (Fsp3) is 0.120. The van der Waals surface area contributed by atoms with Crippen molar-refractivity contribution in [1.82, 2.24) is 9.78 Å². The Labute approximate surface area is 206 Å². The minimum atomic E-state index is -0.264. The number of carbonyl (C=O) groups excluding carboxylic acids is 1. The second-order valence-corrected chi connectivity index (χ2v) is 8.78. The summed E-state index contributed by atoms with van der Waals surface area (Å²) in [6.45, 7) is 2.86. The summed E-state index contributed by atoms with van der Waals surface area (Å²) in [4.78, 5) is 12.7. The molecule has 0 radical (unpaired) electrons. The Kier molecular flexibility index (Phi) is 7.23. The molecule has 4 rings (SSSR count). The predicted octanol–water partition coefficient (Wildman–Crippen LogP) is 7.03. The van der Waals surface area contributed by atoms with E-state index in [0.717, 1.165) is 11.1 Å². The number of hydrogen-bond donors (Lipinski definition) is 1. The van der Waals surface area contributed by atoms with Gasteiger partial charge in [-0.3, -0.25) is 9.48 Å². The van der Waals surface area contributed by atoms with Crippen LogP contribution in [-0.4, -0.2) is 15.7 Å². The molecule has 1 heterocycles. The van der Waals surface area contributed by atoms with Crippen LogP contribution in [0.3, 0.4) is 0 Å². The van der Waals surface area contributed by atoms with E-state index in [-0.39, 0.29) is 12.5 Å². The number of ether oxygens (including phenoxy) is 1. The summed E-state index contributed by atoms with van der Waals surface area (Å²) in [5.41, 5.74) is 3.61. The van der Waals surface area contributed by atoms with E-state index in [1.807, 2.05) is 24.4 Å². The van der Waals surface area contributed by atoms with E-state index in [9.17, 15) is 4.79 Å². The molecule has 0 aliphatic rings. The van der Waals surface area contributed by atoms with Crippen molar-refractivity contribution in [1.29, 1.82) is 0 Å². The quantitative estimate of drug-likeness (QED) is 0.296. The van der Waals surface area contributed by atoms with Gasteiger partial charge >= 0.3 is 0 Å². The molecule has 0 fully saturated rings. The zero-order chi connectivity index (χ0) is 23.4. The average molecular weight is 501 g/mol. The van der Waals surface area contributed by atoms with Gasteiger partial charge < -0.3 is 10.1 Å². The van der Waals surface area contributed by atoms with E-state index < -0.39 is 0 Å². The van der Waals surface area contributed by atoms with Crippen molar-refractivity contribution in [3.8, 4) is 5.75 Å². The van der Waals surface area contributed by atoms with Crippen molar-refractivity contribution >= 4 is 46.5 Å². The number of hydrogen-bond acceptors (Lipinski definition) is 3. The van der Waals surface area contributed by atoms with Crippen molar-refractivity contribution in [2.45, 2.75) is 20.1 Å². The highest BCUT2D eigenvalue weighted by atomic mass is 35.5. The van der Waals surface area contributed by atoms with Crippen LogP contribution < -0.4 is 10.1 Å². The number of carbonyl (C=O) groups is 1. The first-order valence-corrected chi connectivity index (χ1v) is 11.3. The van der Waals surface area contributed by atoms with Crippen LogP contribution in [-0.2, 0) is 13.2 Å². The van der Waals surface area contributed by atoms with Gasteiger partial charge in [0.15, 0.2) is 11.6 Å². The summed E-state index contributed by atoms with van der Waals surface area (Å²) in [5.74, 6) is 0.561.